The van der Waals surface area contributed by atoms with E-state index >= 15 is 0 Å². The maximum absolute atomic E-state index is 5.11. The van der Waals surface area contributed by atoms with E-state index in [1.807, 2.05) is 10.7 Å². The van der Waals surface area contributed by atoms with Crippen molar-refractivity contribution in [3.8, 4) is 0 Å². The van der Waals surface area contributed by atoms with Crippen LogP contribution in [0, 0.1) is 0 Å². The van der Waals surface area contributed by atoms with Crippen LogP contribution < -0.4 is 5.32 Å². The minimum Gasteiger partial charge on any atom is -0.377 e. The summed E-state index contributed by atoms with van der Waals surface area (Å²) in [6.45, 7) is 2.61. The summed E-state index contributed by atoms with van der Waals surface area (Å²) in [6, 6.07) is 11.1. The summed E-state index contributed by atoms with van der Waals surface area (Å²) in [5.74, 6) is 1.56. The van der Waals surface area contributed by atoms with Crippen LogP contribution in [0.5, 0.6) is 0 Å². The van der Waals surface area contributed by atoms with Crippen LogP contribution in [0.4, 0.5) is 5.95 Å². The van der Waals surface area contributed by atoms with Crippen LogP contribution >= 0.6 is 0 Å². The Morgan fingerprint density at radius 1 is 1.37 bits per heavy atom. The van der Waals surface area contributed by atoms with Crippen molar-refractivity contribution in [2.45, 2.75) is 32.0 Å². The monoisotopic (exact) mass is 258 g/mol. The summed E-state index contributed by atoms with van der Waals surface area (Å²) >= 11 is 0. The zero-order valence-electron chi connectivity index (χ0n) is 11.2. The molecule has 0 amide bonds. The molecule has 0 radical (unpaired) electrons. The Hall–Kier alpha value is -1.88. The highest BCUT2D eigenvalue weighted by molar-refractivity contribution is 5.34. The summed E-state index contributed by atoms with van der Waals surface area (Å²) in [6.07, 6.45) is 1.01. The number of nitrogens with zero attached hydrogens (tertiary/aromatic N) is 3. The second-order valence-electron chi connectivity index (χ2n) is 4.94. The van der Waals surface area contributed by atoms with Crippen LogP contribution in [0.3, 0.4) is 0 Å². The first-order chi connectivity index (χ1) is 9.28. The first-order valence-electron chi connectivity index (χ1n) is 6.53. The molecule has 0 spiro atoms. The molecule has 2 atom stereocenters. The number of methoxy groups -OCH3 is 1. The van der Waals surface area contributed by atoms with Gasteiger partial charge in [0.05, 0.1) is 6.04 Å². The molecule has 0 aliphatic carbocycles. The van der Waals surface area contributed by atoms with Gasteiger partial charge in [-0.05, 0) is 18.9 Å². The molecule has 1 N–H and O–H groups in total. The smallest absolute Gasteiger partial charge is 0.222 e. The zero-order chi connectivity index (χ0) is 13.2. The number of fused-ring (bicyclic) bond motifs is 1. The van der Waals surface area contributed by atoms with Crippen LogP contribution in [0.2, 0.25) is 0 Å². The van der Waals surface area contributed by atoms with Gasteiger partial charge in [0.15, 0.2) is 5.82 Å². The summed E-state index contributed by atoms with van der Waals surface area (Å²) in [4.78, 5) is 4.48. The lowest BCUT2D eigenvalue weighted by Crippen LogP contribution is -2.31. The molecule has 100 valence electrons. The van der Waals surface area contributed by atoms with Gasteiger partial charge in [-0.2, -0.15) is 10.1 Å². The topological polar surface area (TPSA) is 52.0 Å². The molecular formula is C14H18N4O. The van der Waals surface area contributed by atoms with E-state index in [2.05, 4.69) is 46.6 Å². The highest BCUT2D eigenvalue weighted by atomic mass is 16.5. The van der Waals surface area contributed by atoms with Crippen LogP contribution in [0.25, 0.3) is 0 Å². The van der Waals surface area contributed by atoms with Crippen molar-refractivity contribution in [3.05, 3.63) is 41.7 Å². The van der Waals surface area contributed by atoms with E-state index < -0.39 is 0 Å². The molecule has 0 saturated carbocycles. The average molecular weight is 258 g/mol. The van der Waals surface area contributed by atoms with Gasteiger partial charge in [-0.25, -0.2) is 4.68 Å². The van der Waals surface area contributed by atoms with Crippen molar-refractivity contribution >= 4 is 5.95 Å². The first-order valence-corrected chi connectivity index (χ1v) is 6.53. The van der Waals surface area contributed by atoms with Gasteiger partial charge in [-0.3, -0.25) is 0 Å². The highest BCUT2D eigenvalue weighted by Gasteiger charge is 2.27. The van der Waals surface area contributed by atoms with Gasteiger partial charge in [-0.1, -0.05) is 30.3 Å². The lowest BCUT2D eigenvalue weighted by Gasteiger charge is -2.29. The number of rotatable bonds is 3. The van der Waals surface area contributed by atoms with E-state index in [4.69, 9.17) is 4.74 Å². The Labute approximate surface area is 112 Å². The predicted molar refractivity (Wildman–Crippen MR) is 73.0 cm³/mol. The Kier molecular flexibility index (Phi) is 3.21. The third-order valence-corrected chi connectivity index (χ3v) is 3.38. The number of hydrogen-bond acceptors (Lipinski definition) is 4. The summed E-state index contributed by atoms with van der Waals surface area (Å²) in [5.41, 5.74) is 1.27. The standard InChI is InChI=1S/C14H18N4O/c1-10-8-12(11-6-4-3-5-7-11)18-14(15-10)16-13(17-18)9-19-2/h3-7,10,12H,8-9H2,1-2H3,(H,15,16,17)/t10-,12+/m1/s1. The number of ether oxygens (including phenoxy) is 1. The number of aromatic nitrogens is 3. The minimum atomic E-state index is 0.241. The molecule has 1 aromatic heterocycles. The van der Waals surface area contributed by atoms with Gasteiger partial charge in [0.25, 0.3) is 0 Å². The van der Waals surface area contributed by atoms with E-state index in [9.17, 15) is 0 Å². The Balaban J connectivity index is 1.99. The third kappa shape index (κ3) is 2.33. The van der Waals surface area contributed by atoms with Crippen molar-refractivity contribution in [1.82, 2.24) is 14.8 Å². The van der Waals surface area contributed by atoms with Crippen LogP contribution in [0.1, 0.15) is 30.8 Å². The lowest BCUT2D eigenvalue weighted by atomic mass is 9.99. The highest BCUT2D eigenvalue weighted by Crippen LogP contribution is 2.30. The minimum absolute atomic E-state index is 0.241. The van der Waals surface area contributed by atoms with Crippen LogP contribution in [0.15, 0.2) is 30.3 Å². The van der Waals surface area contributed by atoms with E-state index in [-0.39, 0.29) is 6.04 Å². The Bertz CT molecular complexity index is 552. The molecule has 1 aromatic carbocycles. The molecule has 5 heteroatoms. The molecule has 19 heavy (non-hydrogen) atoms. The van der Waals surface area contributed by atoms with E-state index in [1.165, 1.54) is 5.56 Å². The molecule has 2 heterocycles. The fourth-order valence-electron chi connectivity index (χ4n) is 2.54. The van der Waals surface area contributed by atoms with Gasteiger partial charge in [-0.15, -0.1) is 0 Å². The second kappa shape index (κ2) is 5.01. The van der Waals surface area contributed by atoms with Crippen LogP contribution in [-0.4, -0.2) is 27.9 Å². The van der Waals surface area contributed by atoms with Crippen molar-refractivity contribution in [3.63, 3.8) is 0 Å². The fraction of sp³-hybridized carbons (Fsp3) is 0.429. The van der Waals surface area contributed by atoms with Gasteiger partial charge >= 0.3 is 0 Å². The molecule has 1 aliphatic heterocycles. The summed E-state index contributed by atoms with van der Waals surface area (Å²) < 4.78 is 7.08. The SMILES string of the molecule is COCc1nc2n(n1)[C@H](c1ccccc1)C[C@@H](C)N2. The quantitative estimate of drug-likeness (QED) is 0.917. The molecule has 5 nitrogen and oxygen atoms in total. The lowest BCUT2D eigenvalue weighted by molar-refractivity contribution is 0.177. The molecule has 2 aromatic rings. The van der Waals surface area contributed by atoms with Crippen LogP contribution in [-0.2, 0) is 11.3 Å². The average Bonchev–Trinajstić information content (AvgIpc) is 2.81. The number of nitrogens with one attached hydrogen (secondary N) is 1. The zero-order valence-corrected chi connectivity index (χ0v) is 11.2. The number of hydrogen-bond donors (Lipinski definition) is 1. The largest absolute Gasteiger partial charge is 0.377 e. The van der Waals surface area contributed by atoms with Gasteiger partial charge in [0.2, 0.25) is 5.95 Å². The van der Waals surface area contributed by atoms with E-state index in [0.29, 0.717) is 12.6 Å². The van der Waals surface area contributed by atoms with Crippen molar-refractivity contribution in [1.29, 1.82) is 0 Å². The molecule has 0 unspecified atom stereocenters. The number of benzene rings is 1. The van der Waals surface area contributed by atoms with Crippen molar-refractivity contribution in [2.75, 3.05) is 12.4 Å². The molecule has 3 rings (SSSR count). The third-order valence-electron chi connectivity index (χ3n) is 3.38. The predicted octanol–water partition coefficient (Wildman–Crippen LogP) is 2.22. The maximum Gasteiger partial charge on any atom is 0.222 e. The maximum atomic E-state index is 5.11. The van der Waals surface area contributed by atoms with E-state index in [0.717, 1.165) is 18.2 Å². The summed E-state index contributed by atoms with van der Waals surface area (Å²) in [7, 11) is 1.66. The fourth-order valence-corrected chi connectivity index (χ4v) is 2.54. The molecule has 0 bridgehead atoms. The molecule has 1 aliphatic rings. The number of anilines is 1. The Morgan fingerprint density at radius 2 is 2.16 bits per heavy atom. The first kappa shape index (κ1) is 12.2. The van der Waals surface area contributed by atoms with Gasteiger partial charge in [0, 0.05) is 13.2 Å². The molecular weight excluding hydrogens is 240 g/mol. The van der Waals surface area contributed by atoms with Gasteiger partial charge < -0.3 is 10.1 Å². The molecule has 0 saturated heterocycles. The normalized spacial score (nSPS) is 21.8. The van der Waals surface area contributed by atoms with E-state index in [1.54, 1.807) is 7.11 Å². The second-order valence-corrected chi connectivity index (χ2v) is 4.94. The summed E-state index contributed by atoms with van der Waals surface area (Å²) in [5, 5.41) is 7.92. The van der Waals surface area contributed by atoms with Crippen molar-refractivity contribution in [2.24, 2.45) is 0 Å². The van der Waals surface area contributed by atoms with Crippen molar-refractivity contribution < 1.29 is 4.74 Å². The molecule has 0 fully saturated rings. The van der Waals surface area contributed by atoms with Gasteiger partial charge in [0.1, 0.15) is 6.61 Å². The Morgan fingerprint density at radius 3 is 2.89 bits per heavy atom.